The standard InChI is InChI=1S/C22H24FN3O3/c1-24(2)20(27)15-25-11-13-26(14-12-25)22(29)19-6-4-3-5-18(19)21(28)16-7-9-17(23)10-8-16/h3-10H,11-15H2,1-2H3. The van der Waals surface area contributed by atoms with Crippen molar-refractivity contribution in [2.75, 3.05) is 46.8 Å². The van der Waals surface area contributed by atoms with Crippen LogP contribution >= 0.6 is 0 Å². The van der Waals surface area contributed by atoms with Gasteiger partial charge in [0.2, 0.25) is 5.91 Å². The Morgan fingerprint density at radius 2 is 1.48 bits per heavy atom. The van der Waals surface area contributed by atoms with E-state index in [4.69, 9.17) is 0 Å². The first-order chi connectivity index (χ1) is 13.9. The molecule has 0 unspecified atom stereocenters. The summed E-state index contributed by atoms with van der Waals surface area (Å²) in [6.45, 7) is 2.49. The zero-order valence-electron chi connectivity index (χ0n) is 16.6. The molecule has 7 heteroatoms. The molecule has 0 aromatic heterocycles. The van der Waals surface area contributed by atoms with Crippen molar-refractivity contribution in [1.82, 2.24) is 14.7 Å². The van der Waals surface area contributed by atoms with Gasteiger partial charge in [-0.1, -0.05) is 18.2 Å². The van der Waals surface area contributed by atoms with Crippen LogP contribution in [0.15, 0.2) is 48.5 Å². The van der Waals surface area contributed by atoms with Crippen molar-refractivity contribution >= 4 is 17.6 Å². The highest BCUT2D eigenvalue weighted by atomic mass is 19.1. The molecule has 3 rings (SSSR count). The highest BCUT2D eigenvalue weighted by molar-refractivity contribution is 6.15. The normalized spacial score (nSPS) is 14.5. The summed E-state index contributed by atoms with van der Waals surface area (Å²) in [5.41, 5.74) is 0.965. The van der Waals surface area contributed by atoms with Gasteiger partial charge in [0.15, 0.2) is 5.78 Å². The molecule has 29 heavy (non-hydrogen) atoms. The van der Waals surface area contributed by atoms with Crippen molar-refractivity contribution in [2.24, 2.45) is 0 Å². The molecular formula is C22H24FN3O3. The van der Waals surface area contributed by atoms with Crippen LogP contribution < -0.4 is 0 Å². The molecule has 1 saturated heterocycles. The maximum atomic E-state index is 13.2. The van der Waals surface area contributed by atoms with Crippen molar-refractivity contribution in [1.29, 1.82) is 0 Å². The van der Waals surface area contributed by atoms with E-state index >= 15 is 0 Å². The lowest BCUT2D eigenvalue weighted by atomic mass is 9.97. The molecule has 2 aromatic rings. The van der Waals surface area contributed by atoms with Gasteiger partial charge in [-0.05, 0) is 30.3 Å². The highest BCUT2D eigenvalue weighted by Crippen LogP contribution is 2.18. The van der Waals surface area contributed by atoms with Gasteiger partial charge in [0.1, 0.15) is 5.82 Å². The lowest BCUT2D eigenvalue weighted by Crippen LogP contribution is -2.51. The third-order valence-corrected chi connectivity index (χ3v) is 5.03. The van der Waals surface area contributed by atoms with E-state index in [1.165, 1.54) is 24.3 Å². The number of likely N-dealkylation sites (N-methyl/N-ethyl adjacent to an activating group) is 1. The Kier molecular flexibility index (Phi) is 6.39. The van der Waals surface area contributed by atoms with Crippen LogP contribution in [-0.2, 0) is 4.79 Å². The van der Waals surface area contributed by atoms with Gasteiger partial charge in [-0.2, -0.15) is 0 Å². The summed E-state index contributed by atoms with van der Waals surface area (Å²) in [5, 5.41) is 0. The molecule has 0 saturated carbocycles. The van der Waals surface area contributed by atoms with E-state index in [0.29, 0.717) is 49.4 Å². The van der Waals surface area contributed by atoms with Gasteiger partial charge in [0.25, 0.3) is 5.91 Å². The minimum atomic E-state index is -0.420. The number of nitrogens with zero attached hydrogens (tertiary/aromatic N) is 3. The van der Waals surface area contributed by atoms with Crippen LogP contribution in [0.4, 0.5) is 4.39 Å². The molecule has 1 heterocycles. The predicted octanol–water partition coefficient (Wildman–Crippen LogP) is 1.90. The molecule has 0 aliphatic carbocycles. The summed E-state index contributed by atoms with van der Waals surface area (Å²) in [4.78, 5) is 43.1. The molecule has 2 amide bonds. The number of ketones is 1. The quantitative estimate of drug-likeness (QED) is 0.723. The monoisotopic (exact) mass is 397 g/mol. The van der Waals surface area contributed by atoms with E-state index in [1.54, 1.807) is 48.2 Å². The van der Waals surface area contributed by atoms with Crippen molar-refractivity contribution in [3.05, 3.63) is 71.0 Å². The number of hydrogen-bond donors (Lipinski definition) is 0. The fraction of sp³-hybridized carbons (Fsp3) is 0.318. The van der Waals surface area contributed by atoms with Crippen LogP contribution in [0.1, 0.15) is 26.3 Å². The van der Waals surface area contributed by atoms with Gasteiger partial charge in [0, 0.05) is 51.4 Å². The average Bonchev–Trinajstić information content (AvgIpc) is 2.73. The van der Waals surface area contributed by atoms with Crippen LogP contribution in [0.2, 0.25) is 0 Å². The second-order valence-electron chi connectivity index (χ2n) is 7.24. The molecule has 2 aromatic carbocycles. The maximum absolute atomic E-state index is 13.2. The fourth-order valence-corrected chi connectivity index (χ4v) is 3.24. The number of hydrogen-bond acceptors (Lipinski definition) is 4. The highest BCUT2D eigenvalue weighted by Gasteiger charge is 2.26. The molecule has 0 radical (unpaired) electrons. The minimum absolute atomic E-state index is 0.0278. The van der Waals surface area contributed by atoms with Crippen molar-refractivity contribution in [2.45, 2.75) is 0 Å². The molecule has 1 aliphatic rings. The summed E-state index contributed by atoms with van der Waals surface area (Å²) in [7, 11) is 3.44. The van der Waals surface area contributed by atoms with Crippen molar-refractivity contribution in [3.8, 4) is 0 Å². The summed E-state index contributed by atoms with van der Waals surface area (Å²) < 4.78 is 13.2. The summed E-state index contributed by atoms with van der Waals surface area (Å²) >= 11 is 0. The van der Waals surface area contributed by atoms with Crippen LogP contribution in [0.25, 0.3) is 0 Å². The largest absolute Gasteiger partial charge is 0.348 e. The third-order valence-electron chi connectivity index (χ3n) is 5.03. The third kappa shape index (κ3) is 4.86. The molecule has 1 fully saturated rings. The molecule has 6 nitrogen and oxygen atoms in total. The predicted molar refractivity (Wildman–Crippen MR) is 107 cm³/mol. The number of rotatable bonds is 5. The second-order valence-corrected chi connectivity index (χ2v) is 7.24. The van der Waals surface area contributed by atoms with Gasteiger partial charge >= 0.3 is 0 Å². The second kappa shape index (κ2) is 8.96. The van der Waals surface area contributed by atoms with E-state index in [2.05, 4.69) is 0 Å². The molecule has 0 N–H and O–H groups in total. The number of carbonyl (C=O) groups excluding carboxylic acids is 3. The van der Waals surface area contributed by atoms with Gasteiger partial charge in [0.05, 0.1) is 12.1 Å². The van der Waals surface area contributed by atoms with Gasteiger partial charge in [-0.25, -0.2) is 4.39 Å². The zero-order chi connectivity index (χ0) is 21.0. The number of piperazine rings is 1. The molecule has 0 atom stereocenters. The van der Waals surface area contributed by atoms with E-state index < -0.39 is 5.82 Å². The maximum Gasteiger partial charge on any atom is 0.254 e. The number of halogens is 1. The lowest BCUT2D eigenvalue weighted by molar-refractivity contribution is -0.130. The molecule has 152 valence electrons. The first-order valence-electron chi connectivity index (χ1n) is 9.48. The Morgan fingerprint density at radius 1 is 0.897 bits per heavy atom. The first-order valence-corrected chi connectivity index (χ1v) is 9.48. The van der Waals surface area contributed by atoms with Crippen LogP contribution in [0.3, 0.4) is 0 Å². The lowest BCUT2D eigenvalue weighted by Gasteiger charge is -2.35. The summed E-state index contributed by atoms with van der Waals surface area (Å²) in [6, 6.07) is 12.0. The topological polar surface area (TPSA) is 60.9 Å². The molecular weight excluding hydrogens is 373 g/mol. The summed E-state index contributed by atoms with van der Waals surface area (Å²) in [5.74, 6) is -0.921. The summed E-state index contributed by atoms with van der Waals surface area (Å²) in [6.07, 6.45) is 0. The van der Waals surface area contributed by atoms with E-state index in [9.17, 15) is 18.8 Å². The van der Waals surface area contributed by atoms with E-state index in [0.717, 1.165) is 0 Å². The smallest absolute Gasteiger partial charge is 0.254 e. The Morgan fingerprint density at radius 3 is 2.07 bits per heavy atom. The van der Waals surface area contributed by atoms with Gasteiger partial charge < -0.3 is 9.80 Å². The SMILES string of the molecule is CN(C)C(=O)CN1CCN(C(=O)c2ccccc2C(=O)c2ccc(F)cc2)CC1. The van der Waals surface area contributed by atoms with Crippen LogP contribution in [0.5, 0.6) is 0 Å². The number of benzene rings is 2. The van der Waals surface area contributed by atoms with E-state index in [-0.39, 0.29) is 17.6 Å². The van der Waals surface area contributed by atoms with Crippen LogP contribution in [0, 0.1) is 5.82 Å². The first kappa shape index (κ1) is 20.7. The molecule has 1 aliphatic heterocycles. The van der Waals surface area contributed by atoms with Crippen LogP contribution in [-0.4, -0.2) is 79.1 Å². The number of amides is 2. The minimum Gasteiger partial charge on any atom is -0.348 e. The number of carbonyl (C=O) groups is 3. The van der Waals surface area contributed by atoms with Crippen molar-refractivity contribution < 1.29 is 18.8 Å². The van der Waals surface area contributed by atoms with Crippen molar-refractivity contribution in [3.63, 3.8) is 0 Å². The van der Waals surface area contributed by atoms with E-state index in [1.807, 2.05) is 4.90 Å². The zero-order valence-corrected chi connectivity index (χ0v) is 16.6. The molecule has 0 spiro atoms. The Bertz CT molecular complexity index is 904. The van der Waals surface area contributed by atoms with Gasteiger partial charge in [-0.15, -0.1) is 0 Å². The Labute approximate surface area is 169 Å². The Hall–Kier alpha value is -3.06. The fourth-order valence-electron chi connectivity index (χ4n) is 3.24. The van der Waals surface area contributed by atoms with Gasteiger partial charge in [-0.3, -0.25) is 19.3 Å². The Balaban J connectivity index is 1.72. The molecule has 0 bridgehead atoms. The average molecular weight is 397 g/mol.